The number of hydrogen-bond donors (Lipinski definition) is 4. The van der Waals surface area contributed by atoms with Crippen molar-refractivity contribution in [3.8, 4) is 0 Å². The van der Waals surface area contributed by atoms with E-state index in [2.05, 4.69) is 15.3 Å². The number of methoxy groups -OCH3 is 1. The van der Waals surface area contributed by atoms with Crippen molar-refractivity contribution < 1.29 is 29.6 Å². The third-order valence-corrected chi connectivity index (χ3v) is 5.44. The zero-order valence-corrected chi connectivity index (χ0v) is 16.6. The van der Waals surface area contributed by atoms with Crippen LogP contribution in [0.25, 0.3) is 10.9 Å². The molecule has 9 nitrogen and oxygen atoms in total. The molecule has 1 aromatic carbocycles. The van der Waals surface area contributed by atoms with Gasteiger partial charge in [0, 0.05) is 10.9 Å². The first-order valence-corrected chi connectivity index (χ1v) is 9.11. The highest BCUT2D eigenvalue weighted by Crippen LogP contribution is 2.40. The largest absolute Gasteiger partial charge is 0.452 e. The number of fused-ring (bicyclic) bond motifs is 1. The van der Waals surface area contributed by atoms with Crippen LogP contribution >= 0.6 is 34.8 Å². The summed E-state index contributed by atoms with van der Waals surface area (Å²) in [4.78, 5) is 11.2. The number of nitrogens with one attached hydrogen (secondary N) is 1. The second-order valence-electron chi connectivity index (χ2n) is 5.95. The van der Waals surface area contributed by atoms with Gasteiger partial charge in [-0.3, -0.25) is 0 Å². The molecule has 0 saturated carbocycles. The zero-order valence-electron chi connectivity index (χ0n) is 14.3. The molecule has 0 spiro atoms. The fourth-order valence-corrected chi connectivity index (χ4v) is 3.62. The minimum atomic E-state index is -1.36. The second kappa shape index (κ2) is 8.42. The summed E-state index contributed by atoms with van der Waals surface area (Å²) in [5.74, 6) is 0. The van der Waals surface area contributed by atoms with Crippen LogP contribution in [0.5, 0.6) is 0 Å². The van der Waals surface area contributed by atoms with E-state index in [1.807, 2.05) is 0 Å². The molecule has 3 rings (SSSR count). The summed E-state index contributed by atoms with van der Waals surface area (Å²) >= 11 is 18.7. The molecule has 4 atom stereocenters. The van der Waals surface area contributed by atoms with Gasteiger partial charge in [-0.25, -0.2) is 10.2 Å². The van der Waals surface area contributed by atoms with Gasteiger partial charge in [-0.2, -0.15) is 5.10 Å². The van der Waals surface area contributed by atoms with E-state index in [4.69, 9.17) is 39.5 Å². The molecule has 2 aromatic rings. The van der Waals surface area contributed by atoms with Gasteiger partial charge >= 0.3 is 6.09 Å². The van der Waals surface area contributed by atoms with Crippen molar-refractivity contribution >= 4 is 58.0 Å². The molecule has 12 heteroatoms. The smallest absolute Gasteiger partial charge is 0.427 e. The van der Waals surface area contributed by atoms with E-state index < -0.39 is 37.2 Å². The summed E-state index contributed by atoms with van der Waals surface area (Å²) in [6.07, 6.45) is -4.28. The monoisotopic (exact) mass is 451 g/mol. The Kier molecular flexibility index (Phi) is 6.35. The standard InChI is InChI=1S/C16H16Cl3N3O6/c1-27-16(26)21-20-4-7-6-2-8(17)9(18)3-10(6)22(14(7)19)15-13(25)12(24)11(5-23)28-15/h2-4,11-13,15,23-25H,5H2,1H3,(H,21,26)/b20-4+/t11-,12?,13?,15-/m1/s1. The lowest BCUT2D eigenvalue weighted by molar-refractivity contribution is -0.0505. The van der Waals surface area contributed by atoms with E-state index in [-0.39, 0.29) is 15.2 Å². The Labute approximate surface area is 174 Å². The molecule has 4 N–H and O–H groups in total. The predicted octanol–water partition coefficient (Wildman–Crippen LogP) is 1.90. The summed E-state index contributed by atoms with van der Waals surface area (Å²) in [6.45, 7) is -0.491. The highest BCUT2D eigenvalue weighted by Gasteiger charge is 2.44. The van der Waals surface area contributed by atoms with Gasteiger partial charge in [0.05, 0.1) is 35.5 Å². The Morgan fingerprint density at radius 3 is 2.61 bits per heavy atom. The van der Waals surface area contributed by atoms with E-state index in [1.165, 1.54) is 24.0 Å². The molecular formula is C16H16Cl3N3O6. The zero-order chi connectivity index (χ0) is 20.6. The first-order chi connectivity index (χ1) is 13.3. The maximum atomic E-state index is 11.2. The van der Waals surface area contributed by atoms with Crippen molar-refractivity contribution in [3.05, 3.63) is 32.9 Å². The lowest BCUT2D eigenvalue weighted by atomic mass is 10.1. The van der Waals surface area contributed by atoms with Crippen LogP contribution in [0.15, 0.2) is 17.2 Å². The van der Waals surface area contributed by atoms with Crippen LogP contribution in [0.4, 0.5) is 4.79 Å². The number of aromatic nitrogens is 1. The number of carbonyl (C=O) groups excluding carboxylic acids is 1. The van der Waals surface area contributed by atoms with Gasteiger partial charge in [0.15, 0.2) is 6.23 Å². The number of carbonyl (C=O) groups is 1. The fraction of sp³-hybridized carbons (Fsp3) is 0.375. The summed E-state index contributed by atoms with van der Waals surface area (Å²) in [5.41, 5.74) is 2.93. The van der Waals surface area contributed by atoms with Crippen LogP contribution in [-0.2, 0) is 9.47 Å². The first-order valence-electron chi connectivity index (χ1n) is 7.98. The van der Waals surface area contributed by atoms with Gasteiger partial charge in [-0.1, -0.05) is 34.8 Å². The molecule has 0 bridgehead atoms. The fourth-order valence-electron chi connectivity index (χ4n) is 2.96. The SMILES string of the molecule is COC(=O)N/N=C/c1c(Cl)n([C@@H]2O[C@H](CO)C(O)C2O)c2cc(Cl)c(Cl)cc12. The summed E-state index contributed by atoms with van der Waals surface area (Å²) in [7, 11) is 1.19. The number of hydrazone groups is 1. The number of aliphatic hydroxyl groups is 3. The summed E-state index contributed by atoms with van der Waals surface area (Å²) < 4.78 is 11.4. The molecule has 152 valence electrons. The lowest BCUT2D eigenvalue weighted by Gasteiger charge is -2.19. The topological polar surface area (TPSA) is 126 Å². The highest BCUT2D eigenvalue weighted by atomic mass is 35.5. The van der Waals surface area contributed by atoms with Crippen LogP contribution in [0.2, 0.25) is 15.2 Å². The summed E-state index contributed by atoms with van der Waals surface area (Å²) in [5, 5.41) is 34.6. The van der Waals surface area contributed by atoms with E-state index in [9.17, 15) is 20.1 Å². The minimum Gasteiger partial charge on any atom is -0.452 e. The van der Waals surface area contributed by atoms with Gasteiger partial charge in [-0.15, -0.1) is 0 Å². The van der Waals surface area contributed by atoms with Gasteiger partial charge in [-0.05, 0) is 12.1 Å². The molecule has 1 aromatic heterocycles. The number of benzene rings is 1. The van der Waals surface area contributed by atoms with E-state index >= 15 is 0 Å². The molecule has 1 fully saturated rings. The average molecular weight is 453 g/mol. The van der Waals surface area contributed by atoms with Crippen molar-refractivity contribution in [3.63, 3.8) is 0 Å². The highest BCUT2D eigenvalue weighted by molar-refractivity contribution is 6.43. The summed E-state index contributed by atoms with van der Waals surface area (Å²) in [6, 6.07) is 3.06. The Morgan fingerprint density at radius 1 is 1.32 bits per heavy atom. The van der Waals surface area contributed by atoms with Crippen molar-refractivity contribution in [2.45, 2.75) is 24.5 Å². The Bertz CT molecular complexity index is 934. The van der Waals surface area contributed by atoms with Gasteiger partial charge < -0.3 is 29.4 Å². The predicted molar refractivity (Wildman–Crippen MR) is 103 cm³/mol. The Morgan fingerprint density at radius 2 is 2.00 bits per heavy atom. The van der Waals surface area contributed by atoms with Crippen LogP contribution in [-0.4, -0.2) is 64.2 Å². The Hall–Kier alpha value is -1.59. The maximum Gasteiger partial charge on any atom is 0.427 e. The molecule has 0 radical (unpaired) electrons. The van der Waals surface area contributed by atoms with Crippen LogP contribution < -0.4 is 5.43 Å². The normalized spacial score (nSPS) is 25.0. The van der Waals surface area contributed by atoms with Gasteiger partial charge in [0.2, 0.25) is 0 Å². The van der Waals surface area contributed by atoms with Crippen molar-refractivity contribution in [2.24, 2.45) is 5.10 Å². The lowest BCUT2D eigenvalue weighted by Crippen LogP contribution is -2.33. The molecule has 1 aliphatic rings. The number of amides is 1. The molecule has 1 saturated heterocycles. The second-order valence-corrected chi connectivity index (χ2v) is 7.12. The van der Waals surface area contributed by atoms with Gasteiger partial charge in [0.25, 0.3) is 0 Å². The molecule has 2 heterocycles. The maximum absolute atomic E-state index is 11.2. The third-order valence-electron chi connectivity index (χ3n) is 4.33. The molecule has 1 aliphatic heterocycles. The molecule has 2 unspecified atom stereocenters. The third kappa shape index (κ3) is 3.67. The minimum absolute atomic E-state index is 0.0820. The molecular weight excluding hydrogens is 437 g/mol. The van der Waals surface area contributed by atoms with Gasteiger partial charge in [0.1, 0.15) is 23.5 Å². The quantitative estimate of drug-likeness (QED) is 0.415. The van der Waals surface area contributed by atoms with Crippen LogP contribution in [0.3, 0.4) is 0 Å². The average Bonchev–Trinajstić information content (AvgIpc) is 3.09. The van der Waals surface area contributed by atoms with Crippen molar-refractivity contribution in [1.82, 2.24) is 9.99 Å². The molecule has 28 heavy (non-hydrogen) atoms. The van der Waals surface area contributed by atoms with Crippen molar-refractivity contribution in [2.75, 3.05) is 13.7 Å². The number of hydrogen-bond acceptors (Lipinski definition) is 7. The number of aliphatic hydroxyl groups excluding tert-OH is 3. The van der Waals surface area contributed by atoms with Crippen molar-refractivity contribution in [1.29, 1.82) is 0 Å². The first kappa shape index (κ1) is 21.1. The Balaban J connectivity index is 2.14. The molecule has 1 amide bonds. The number of rotatable bonds is 4. The van der Waals surface area contributed by atoms with E-state index in [0.29, 0.717) is 16.5 Å². The van der Waals surface area contributed by atoms with Crippen LogP contribution in [0, 0.1) is 0 Å². The molecule has 0 aliphatic carbocycles. The van der Waals surface area contributed by atoms with Crippen LogP contribution in [0.1, 0.15) is 11.8 Å². The number of halogens is 3. The van der Waals surface area contributed by atoms with E-state index in [0.717, 1.165) is 0 Å². The van der Waals surface area contributed by atoms with E-state index in [1.54, 1.807) is 6.07 Å². The number of ether oxygens (including phenoxy) is 2. The number of nitrogens with zero attached hydrogens (tertiary/aromatic N) is 2.